The van der Waals surface area contributed by atoms with Crippen LogP contribution < -0.4 is 0 Å². The van der Waals surface area contributed by atoms with Gasteiger partial charge in [-0.2, -0.15) is 0 Å². The van der Waals surface area contributed by atoms with Crippen LogP contribution in [0.25, 0.3) is 0 Å². The van der Waals surface area contributed by atoms with E-state index in [2.05, 4.69) is 34.6 Å². The second kappa shape index (κ2) is 23.3. The molecule has 1 unspecified atom stereocenters. The van der Waals surface area contributed by atoms with E-state index in [1.165, 1.54) is 135 Å². The van der Waals surface area contributed by atoms with E-state index in [0.29, 0.717) is 41.9 Å². The number of nitrogens with zero attached hydrogens (tertiary/aromatic N) is 1. The Morgan fingerprint density at radius 3 is 1.69 bits per heavy atom. The van der Waals surface area contributed by atoms with Crippen LogP contribution in [0.1, 0.15) is 234 Å². The number of aliphatic hydroxyl groups is 1. The summed E-state index contributed by atoms with van der Waals surface area (Å²) in [7, 11) is 0. The second-order valence-corrected chi connectivity index (χ2v) is 20.2. The molecule has 0 aromatic rings. The average Bonchev–Trinajstić information content (AvgIpc) is 3.52. The number of hydrogen-bond donors (Lipinski definition) is 2. The maximum absolute atomic E-state index is 13.9. The third-order valence-electron chi connectivity index (χ3n) is 16.4. The highest BCUT2D eigenvalue weighted by Crippen LogP contribution is 2.69. The number of rotatable bonds is 27. The quantitative estimate of drug-likeness (QED) is 0.0641. The number of ether oxygens (including phenoxy) is 1. The normalized spacial score (nSPS) is 32.0. The molecule has 0 heterocycles. The molecule has 0 aromatic carbocycles. The van der Waals surface area contributed by atoms with Gasteiger partial charge in [0.25, 0.3) is 0 Å². The molecule has 4 saturated carbocycles. The third kappa shape index (κ3) is 13.4. The van der Waals surface area contributed by atoms with Crippen LogP contribution >= 0.6 is 0 Å². The molecule has 320 valence electrons. The smallest absolute Gasteiger partial charge is 0.412 e. The van der Waals surface area contributed by atoms with E-state index in [-0.39, 0.29) is 17.9 Å². The van der Waals surface area contributed by atoms with E-state index in [0.717, 1.165) is 69.9 Å². The number of carboxylic acids is 1. The Labute approximate surface area is 339 Å². The monoisotopic (exact) mass is 772 g/mol. The molecule has 0 saturated heterocycles. The number of carbonyl (C=O) groups excluding carboxylic acids is 1. The zero-order valence-electron chi connectivity index (χ0n) is 36.9. The third-order valence-corrected chi connectivity index (χ3v) is 16.4. The summed E-state index contributed by atoms with van der Waals surface area (Å²) in [6.45, 7) is 13.4. The van der Waals surface area contributed by atoms with Crippen LogP contribution in [0.15, 0.2) is 0 Å². The van der Waals surface area contributed by atoms with E-state index >= 15 is 0 Å². The first-order valence-corrected chi connectivity index (χ1v) is 24.4. The Morgan fingerprint density at radius 1 is 0.655 bits per heavy atom. The summed E-state index contributed by atoms with van der Waals surface area (Å²) >= 11 is 0. The van der Waals surface area contributed by atoms with Crippen molar-refractivity contribution in [2.45, 2.75) is 239 Å². The standard InChI is InChI=1S/C49H89NO5/c1-6-8-10-12-14-16-18-20-22-24-36-50(37-25-23-21-19-17-15-13-11-9-7-2)46(53)55-49(54)35-34-47(4)40(38-49)27-28-41-43-30-29-42(39(3)26-31-45(51)52)48(43,5)33-32-44(41)47/h39-44,54H,6-38H2,1-5H3,(H,51,52)/t39-,40?,41+,42-,43+,44+,47+,48-,49+/m1/s1. The van der Waals surface area contributed by atoms with E-state index in [9.17, 15) is 19.8 Å². The minimum atomic E-state index is -1.36. The maximum Gasteiger partial charge on any atom is 0.412 e. The number of aliphatic carboxylic acids is 1. The molecule has 4 fully saturated rings. The van der Waals surface area contributed by atoms with Gasteiger partial charge in [-0.25, -0.2) is 4.79 Å². The summed E-state index contributed by atoms with van der Waals surface area (Å²) in [5, 5.41) is 21.3. The van der Waals surface area contributed by atoms with Crippen molar-refractivity contribution in [3.8, 4) is 0 Å². The van der Waals surface area contributed by atoms with Gasteiger partial charge in [0.15, 0.2) is 0 Å². The lowest BCUT2D eigenvalue weighted by molar-refractivity contribution is -0.235. The van der Waals surface area contributed by atoms with Crippen LogP contribution in [0.5, 0.6) is 0 Å². The summed E-state index contributed by atoms with van der Waals surface area (Å²) in [5.74, 6) is 1.57. The molecule has 4 rings (SSSR count). The van der Waals surface area contributed by atoms with Crippen molar-refractivity contribution in [1.29, 1.82) is 0 Å². The number of amides is 1. The zero-order valence-corrected chi connectivity index (χ0v) is 36.9. The Hall–Kier alpha value is -1.30. The van der Waals surface area contributed by atoms with Gasteiger partial charge in [0, 0.05) is 32.4 Å². The van der Waals surface area contributed by atoms with Crippen LogP contribution in [0.4, 0.5) is 4.79 Å². The highest BCUT2D eigenvalue weighted by Gasteiger charge is 2.62. The highest BCUT2D eigenvalue weighted by atomic mass is 16.7. The second-order valence-electron chi connectivity index (χ2n) is 20.2. The predicted molar refractivity (Wildman–Crippen MR) is 228 cm³/mol. The van der Waals surface area contributed by atoms with Crippen LogP contribution in [0.2, 0.25) is 0 Å². The molecule has 0 aliphatic heterocycles. The summed E-state index contributed by atoms with van der Waals surface area (Å²) in [6, 6.07) is 0. The SMILES string of the molecule is CCCCCCCCCCCCN(CCCCCCCCCCCC)C(=O)O[C@@]1(O)CC[C@@]2(C)C(CC[C@H]3[C@@H]4CC[C@H]([C@H](C)CCC(=O)O)[C@@]4(C)CC[C@@H]32)C1. The summed E-state index contributed by atoms with van der Waals surface area (Å²) in [6.07, 6.45) is 35.8. The van der Waals surface area contributed by atoms with Gasteiger partial charge in [-0.05, 0) is 111 Å². The fourth-order valence-corrected chi connectivity index (χ4v) is 12.9. The highest BCUT2D eigenvalue weighted by molar-refractivity contribution is 5.68. The molecule has 2 N–H and O–H groups in total. The molecule has 0 aromatic heterocycles. The number of carboxylic acid groups (broad SMARTS) is 1. The Kier molecular flexibility index (Phi) is 19.7. The van der Waals surface area contributed by atoms with Crippen molar-refractivity contribution in [2.24, 2.45) is 46.3 Å². The summed E-state index contributed by atoms with van der Waals surface area (Å²) in [4.78, 5) is 27.2. The molecule has 4 aliphatic rings. The Bertz CT molecular complexity index is 1090. The molecule has 0 radical (unpaired) electrons. The molecule has 6 nitrogen and oxygen atoms in total. The lowest BCUT2D eigenvalue weighted by Crippen LogP contribution is -2.57. The molecule has 0 bridgehead atoms. The van der Waals surface area contributed by atoms with E-state index in [1.54, 1.807) is 0 Å². The van der Waals surface area contributed by atoms with Crippen LogP contribution in [-0.4, -0.2) is 46.1 Å². The lowest BCUT2D eigenvalue weighted by Gasteiger charge is -2.62. The maximum atomic E-state index is 13.9. The van der Waals surface area contributed by atoms with Crippen LogP contribution in [0.3, 0.4) is 0 Å². The van der Waals surface area contributed by atoms with Gasteiger partial charge >= 0.3 is 12.1 Å². The van der Waals surface area contributed by atoms with E-state index in [4.69, 9.17) is 4.74 Å². The largest absolute Gasteiger partial charge is 0.481 e. The topological polar surface area (TPSA) is 87.1 Å². The average molecular weight is 772 g/mol. The molecule has 9 atom stereocenters. The summed E-state index contributed by atoms with van der Waals surface area (Å²) < 4.78 is 6.22. The first-order chi connectivity index (χ1) is 26.5. The van der Waals surface area contributed by atoms with Gasteiger partial charge in [0.2, 0.25) is 5.79 Å². The number of carbonyl (C=O) groups is 2. The van der Waals surface area contributed by atoms with Crippen molar-refractivity contribution < 1.29 is 24.5 Å². The van der Waals surface area contributed by atoms with Crippen molar-refractivity contribution >= 4 is 12.1 Å². The van der Waals surface area contributed by atoms with Crippen molar-refractivity contribution in [3.05, 3.63) is 0 Å². The molecule has 4 aliphatic carbocycles. The Balaban J connectivity index is 1.27. The van der Waals surface area contributed by atoms with Gasteiger partial charge in [-0.3, -0.25) is 4.79 Å². The van der Waals surface area contributed by atoms with E-state index < -0.39 is 11.8 Å². The van der Waals surface area contributed by atoms with Crippen LogP contribution in [-0.2, 0) is 9.53 Å². The van der Waals surface area contributed by atoms with Crippen molar-refractivity contribution in [2.75, 3.05) is 13.1 Å². The zero-order chi connectivity index (χ0) is 39.7. The molecule has 0 spiro atoms. The molecular weight excluding hydrogens is 683 g/mol. The van der Waals surface area contributed by atoms with Crippen molar-refractivity contribution in [3.63, 3.8) is 0 Å². The van der Waals surface area contributed by atoms with Gasteiger partial charge in [0.05, 0.1) is 0 Å². The van der Waals surface area contributed by atoms with Gasteiger partial charge in [-0.1, -0.05) is 150 Å². The molecular formula is C49H89NO5. The number of unbranched alkanes of at least 4 members (excludes halogenated alkanes) is 18. The van der Waals surface area contributed by atoms with Gasteiger partial charge in [0.1, 0.15) is 0 Å². The number of fused-ring (bicyclic) bond motifs is 5. The van der Waals surface area contributed by atoms with Gasteiger partial charge in [-0.15, -0.1) is 0 Å². The van der Waals surface area contributed by atoms with E-state index in [1.807, 2.05) is 4.90 Å². The lowest BCUT2D eigenvalue weighted by atomic mass is 9.44. The van der Waals surface area contributed by atoms with Gasteiger partial charge < -0.3 is 19.8 Å². The fourth-order valence-electron chi connectivity index (χ4n) is 12.9. The predicted octanol–water partition coefficient (Wildman–Crippen LogP) is 14.1. The molecule has 55 heavy (non-hydrogen) atoms. The van der Waals surface area contributed by atoms with Crippen molar-refractivity contribution in [1.82, 2.24) is 4.90 Å². The van der Waals surface area contributed by atoms with Crippen LogP contribution in [0, 0.1) is 46.3 Å². The number of hydrogen-bond acceptors (Lipinski definition) is 4. The first kappa shape index (κ1) is 46.4. The molecule has 6 heteroatoms. The molecule has 1 amide bonds. The first-order valence-electron chi connectivity index (χ1n) is 24.4. The summed E-state index contributed by atoms with van der Waals surface area (Å²) in [5.41, 5.74) is 0.501. The Morgan fingerprint density at radius 2 is 1.16 bits per heavy atom. The fraction of sp³-hybridized carbons (Fsp3) is 0.959. The minimum absolute atomic E-state index is 0.182. The minimum Gasteiger partial charge on any atom is -0.481 e.